The highest BCUT2D eigenvalue weighted by molar-refractivity contribution is 9.10. The lowest BCUT2D eigenvalue weighted by molar-refractivity contribution is 0.146. The number of nitrogens with zero attached hydrogens (tertiary/aromatic N) is 2. The zero-order valence-electron chi connectivity index (χ0n) is 12.4. The van der Waals surface area contributed by atoms with Crippen molar-refractivity contribution >= 4 is 26.8 Å². The van der Waals surface area contributed by atoms with E-state index in [0.717, 1.165) is 15.9 Å². The van der Waals surface area contributed by atoms with Gasteiger partial charge in [0.05, 0.1) is 16.8 Å². The zero-order valence-corrected chi connectivity index (χ0v) is 14.0. The Morgan fingerprint density at radius 2 is 1.78 bits per heavy atom. The first-order chi connectivity index (χ1) is 10.9. The molecule has 0 aliphatic rings. The molecule has 6 heteroatoms. The summed E-state index contributed by atoms with van der Waals surface area (Å²) in [6.07, 6.45) is -2.84. The number of alkyl halides is 2. The van der Waals surface area contributed by atoms with Crippen LogP contribution in [0.4, 0.5) is 13.2 Å². The first-order valence-electron chi connectivity index (χ1n) is 6.89. The maximum absolute atomic E-state index is 14.0. The van der Waals surface area contributed by atoms with Gasteiger partial charge >= 0.3 is 0 Å². The minimum atomic E-state index is -2.84. The monoisotopic (exact) mass is 380 g/mol. The van der Waals surface area contributed by atoms with Crippen LogP contribution >= 0.6 is 15.9 Å². The molecule has 2 nitrogen and oxygen atoms in total. The summed E-state index contributed by atoms with van der Waals surface area (Å²) in [4.78, 5) is 8.76. The van der Waals surface area contributed by atoms with Gasteiger partial charge < -0.3 is 0 Å². The zero-order chi connectivity index (χ0) is 16.7. The molecule has 0 bridgehead atoms. The maximum atomic E-state index is 14.0. The molecule has 0 spiro atoms. The summed E-state index contributed by atoms with van der Waals surface area (Å²) >= 11 is 3.39. The van der Waals surface area contributed by atoms with Crippen LogP contribution in [0.25, 0.3) is 22.2 Å². The van der Waals surface area contributed by atoms with E-state index in [-0.39, 0.29) is 0 Å². The van der Waals surface area contributed by atoms with Gasteiger partial charge in [-0.25, -0.2) is 23.1 Å². The van der Waals surface area contributed by atoms with Crippen molar-refractivity contribution in [1.82, 2.24) is 9.97 Å². The van der Waals surface area contributed by atoms with Crippen LogP contribution in [0.3, 0.4) is 0 Å². The molecular formula is C17H12BrF3N2. The first-order valence-corrected chi connectivity index (χ1v) is 7.68. The topological polar surface area (TPSA) is 25.8 Å². The van der Waals surface area contributed by atoms with E-state index >= 15 is 0 Å². The van der Waals surface area contributed by atoms with Crippen LogP contribution in [-0.4, -0.2) is 9.97 Å². The summed E-state index contributed by atoms with van der Waals surface area (Å²) in [5.41, 5.74) is 1.69. The lowest BCUT2D eigenvalue weighted by atomic mass is 9.99. The molecule has 0 aliphatic carbocycles. The van der Waals surface area contributed by atoms with Crippen molar-refractivity contribution in [2.24, 2.45) is 0 Å². The van der Waals surface area contributed by atoms with Crippen LogP contribution < -0.4 is 0 Å². The Morgan fingerprint density at radius 3 is 2.48 bits per heavy atom. The third kappa shape index (κ3) is 2.95. The van der Waals surface area contributed by atoms with E-state index in [9.17, 15) is 13.2 Å². The lowest BCUT2D eigenvalue weighted by Crippen LogP contribution is -1.99. The van der Waals surface area contributed by atoms with Gasteiger partial charge in [-0.05, 0) is 49.7 Å². The van der Waals surface area contributed by atoms with Crippen molar-refractivity contribution < 1.29 is 13.2 Å². The second kappa shape index (κ2) is 5.92. The number of halogens is 4. The van der Waals surface area contributed by atoms with E-state index in [0.29, 0.717) is 28.2 Å². The van der Waals surface area contributed by atoms with Gasteiger partial charge in [-0.1, -0.05) is 15.9 Å². The molecule has 2 aromatic carbocycles. The average Bonchev–Trinajstić information content (AvgIpc) is 2.47. The molecule has 0 amide bonds. The highest BCUT2D eigenvalue weighted by atomic mass is 79.9. The molecule has 0 radical (unpaired) electrons. The molecule has 1 aromatic heterocycles. The number of fused-ring (bicyclic) bond motifs is 1. The van der Waals surface area contributed by atoms with Crippen LogP contribution in [0.2, 0.25) is 0 Å². The summed E-state index contributed by atoms with van der Waals surface area (Å²) in [5, 5.41) is 0.742. The number of benzene rings is 2. The third-order valence-corrected chi connectivity index (χ3v) is 4.10. The van der Waals surface area contributed by atoms with E-state index in [2.05, 4.69) is 25.9 Å². The normalized spacial score (nSPS) is 11.4. The Bertz CT molecular complexity index is 905. The van der Waals surface area contributed by atoms with Crippen LogP contribution in [0, 0.1) is 19.7 Å². The summed E-state index contributed by atoms with van der Waals surface area (Å²) in [5.74, 6) is -0.398. The molecular weight excluding hydrogens is 369 g/mol. The number of hydrogen-bond donors (Lipinski definition) is 0. The number of aryl methyl sites for hydroxylation is 2. The fourth-order valence-electron chi connectivity index (χ4n) is 2.55. The number of aromatic nitrogens is 2. The highest BCUT2D eigenvalue weighted by Gasteiger charge is 2.18. The fourth-order valence-corrected chi connectivity index (χ4v) is 2.90. The molecule has 1 heterocycles. The van der Waals surface area contributed by atoms with Gasteiger partial charge in [0, 0.05) is 15.4 Å². The average molecular weight is 381 g/mol. The minimum Gasteiger partial charge on any atom is -0.233 e. The van der Waals surface area contributed by atoms with Gasteiger partial charge in [-0.2, -0.15) is 0 Å². The molecule has 3 rings (SSSR count). The number of rotatable bonds is 2. The third-order valence-electron chi connectivity index (χ3n) is 3.60. The van der Waals surface area contributed by atoms with Crippen molar-refractivity contribution in [3.8, 4) is 11.3 Å². The SMILES string of the molecule is Cc1nc(-c2cc(F)c(C(F)F)cc2C)c2ccc(Br)cc2n1. The Balaban J connectivity index is 2.31. The van der Waals surface area contributed by atoms with Gasteiger partial charge in [0.1, 0.15) is 11.6 Å². The van der Waals surface area contributed by atoms with Gasteiger partial charge in [-0.3, -0.25) is 0 Å². The fraction of sp³-hybridized carbons (Fsp3) is 0.176. The quantitative estimate of drug-likeness (QED) is 0.565. The maximum Gasteiger partial charge on any atom is 0.266 e. The Kier molecular flexibility index (Phi) is 4.10. The lowest BCUT2D eigenvalue weighted by Gasteiger charge is -2.12. The highest BCUT2D eigenvalue weighted by Crippen LogP contribution is 2.33. The molecule has 0 N–H and O–H groups in total. The molecule has 118 valence electrons. The van der Waals surface area contributed by atoms with Crippen LogP contribution in [-0.2, 0) is 0 Å². The summed E-state index contributed by atoms with van der Waals surface area (Å²) < 4.78 is 40.5. The summed E-state index contributed by atoms with van der Waals surface area (Å²) in [7, 11) is 0. The van der Waals surface area contributed by atoms with Crippen LogP contribution in [0.15, 0.2) is 34.8 Å². The van der Waals surface area contributed by atoms with E-state index < -0.39 is 17.8 Å². The first kappa shape index (κ1) is 15.9. The number of hydrogen-bond acceptors (Lipinski definition) is 2. The second-order valence-corrected chi connectivity index (χ2v) is 6.19. The van der Waals surface area contributed by atoms with Gasteiger partial charge in [0.2, 0.25) is 0 Å². The molecule has 0 unspecified atom stereocenters. The van der Waals surface area contributed by atoms with E-state index in [1.807, 2.05) is 18.2 Å². The standard InChI is InChI=1S/C17H12BrF3N2/c1-8-5-13(17(20)21)14(19)7-12(8)16-11-4-3-10(18)6-15(11)22-9(2)23-16/h3-7,17H,1-2H3. The Morgan fingerprint density at radius 1 is 1.04 bits per heavy atom. The molecule has 0 atom stereocenters. The summed E-state index contributed by atoms with van der Waals surface area (Å²) in [6, 6.07) is 7.81. The minimum absolute atomic E-state index is 0.490. The summed E-state index contributed by atoms with van der Waals surface area (Å²) in [6.45, 7) is 3.41. The smallest absolute Gasteiger partial charge is 0.233 e. The predicted molar refractivity (Wildman–Crippen MR) is 87.1 cm³/mol. The Hall–Kier alpha value is -1.95. The van der Waals surface area contributed by atoms with Gasteiger partial charge in [0.25, 0.3) is 6.43 Å². The van der Waals surface area contributed by atoms with Crippen LogP contribution in [0.1, 0.15) is 23.4 Å². The van der Waals surface area contributed by atoms with Crippen molar-refractivity contribution in [1.29, 1.82) is 0 Å². The van der Waals surface area contributed by atoms with E-state index in [1.54, 1.807) is 13.8 Å². The Labute approximate surface area is 139 Å². The largest absolute Gasteiger partial charge is 0.266 e. The second-order valence-electron chi connectivity index (χ2n) is 5.27. The van der Waals surface area contributed by atoms with Crippen molar-refractivity contribution in [3.63, 3.8) is 0 Å². The predicted octanol–water partition coefficient (Wildman–Crippen LogP) is 5.75. The molecule has 0 aliphatic heterocycles. The van der Waals surface area contributed by atoms with Crippen molar-refractivity contribution in [2.75, 3.05) is 0 Å². The van der Waals surface area contributed by atoms with Gasteiger partial charge in [-0.15, -0.1) is 0 Å². The molecule has 0 saturated heterocycles. The molecule has 3 aromatic rings. The molecule has 23 heavy (non-hydrogen) atoms. The van der Waals surface area contributed by atoms with Crippen LogP contribution in [0.5, 0.6) is 0 Å². The molecule has 0 saturated carbocycles. The van der Waals surface area contributed by atoms with E-state index in [4.69, 9.17) is 0 Å². The van der Waals surface area contributed by atoms with Crippen molar-refractivity contribution in [2.45, 2.75) is 20.3 Å². The van der Waals surface area contributed by atoms with E-state index in [1.165, 1.54) is 6.07 Å². The van der Waals surface area contributed by atoms with Crippen molar-refractivity contribution in [3.05, 3.63) is 57.6 Å². The van der Waals surface area contributed by atoms with Gasteiger partial charge in [0.15, 0.2) is 0 Å². The molecule has 0 fully saturated rings.